The molecule has 9 nitrogen and oxygen atoms in total. The Labute approximate surface area is 110 Å². The highest BCUT2D eigenvalue weighted by Crippen LogP contribution is 2.24. The first-order chi connectivity index (χ1) is 9.06. The predicted octanol–water partition coefficient (Wildman–Crippen LogP) is 0.981. The summed E-state index contributed by atoms with van der Waals surface area (Å²) in [5.74, 6) is -1.53. The number of carboxylic acid groups (broad SMARTS) is 1. The topological polar surface area (TPSA) is 137 Å². The fourth-order valence-electron chi connectivity index (χ4n) is 1.20. The van der Waals surface area contributed by atoms with Crippen molar-refractivity contribution in [3.8, 4) is 5.75 Å². The van der Waals surface area contributed by atoms with Gasteiger partial charge in [-0.1, -0.05) is 9.59 Å². The van der Waals surface area contributed by atoms with Gasteiger partial charge in [-0.25, -0.2) is 9.59 Å². The van der Waals surface area contributed by atoms with Gasteiger partial charge in [0.25, 0.3) is 0 Å². The van der Waals surface area contributed by atoms with Crippen LogP contribution >= 0.6 is 11.5 Å². The average Bonchev–Trinajstić information content (AvgIpc) is 2.84. The summed E-state index contributed by atoms with van der Waals surface area (Å²) >= 11 is 0.888. The van der Waals surface area contributed by atoms with Crippen LogP contribution in [0.5, 0.6) is 5.75 Å². The van der Waals surface area contributed by atoms with Crippen molar-refractivity contribution in [3.63, 3.8) is 0 Å². The zero-order valence-electron chi connectivity index (χ0n) is 9.19. The summed E-state index contributed by atoms with van der Waals surface area (Å²) in [6, 6.07) is 2.91. The molecule has 1 aromatic heterocycles. The number of aromatic carboxylic acids is 1. The van der Waals surface area contributed by atoms with E-state index in [1.807, 2.05) is 0 Å². The number of hydrogen-bond donors (Lipinski definition) is 4. The highest BCUT2D eigenvalue weighted by Gasteiger charge is 2.11. The molecule has 2 amide bonds. The Kier molecular flexibility index (Phi) is 3.52. The van der Waals surface area contributed by atoms with E-state index in [1.54, 1.807) is 0 Å². The number of amides is 2. The number of carbonyl (C=O) groups is 2. The van der Waals surface area contributed by atoms with Crippen molar-refractivity contribution in [1.82, 2.24) is 14.8 Å². The molecular formula is C9H7N5O4S. The van der Waals surface area contributed by atoms with E-state index in [4.69, 9.17) is 5.11 Å². The second-order valence-corrected chi connectivity index (χ2v) is 4.02. The molecule has 10 heteroatoms. The van der Waals surface area contributed by atoms with Crippen LogP contribution in [0.15, 0.2) is 18.2 Å². The molecule has 0 aliphatic heterocycles. The van der Waals surface area contributed by atoms with E-state index < -0.39 is 12.0 Å². The third kappa shape index (κ3) is 3.13. The van der Waals surface area contributed by atoms with Gasteiger partial charge in [0, 0.05) is 11.5 Å². The monoisotopic (exact) mass is 281 g/mol. The van der Waals surface area contributed by atoms with Crippen LogP contribution in [0.4, 0.5) is 15.6 Å². The van der Waals surface area contributed by atoms with Gasteiger partial charge in [0.1, 0.15) is 5.75 Å². The number of carboxylic acids is 1. The number of aromatic nitrogens is 3. The van der Waals surface area contributed by atoms with Gasteiger partial charge < -0.3 is 15.5 Å². The molecule has 1 aromatic carbocycles. The van der Waals surface area contributed by atoms with Gasteiger partial charge in [0.15, 0.2) is 0 Å². The Hall–Kier alpha value is -2.75. The van der Waals surface area contributed by atoms with Crippen molar-refractivity contribution in [2.75, 3.05) is 10.6 Å². The van der Waals surface area contributed by atoms with E-state index >= 15 is 0 Å². The lowest BCUT2D eigenvalue weighted by atomic mass is 10.2. The highest BCUT2D eigenvalue weighted by atomic mass is 32.1. The molecule has 0 spiro atoms. The minimum atomic E-state index is -1.17. The molecule has 0 saturated carbocycles. The molecule has 0 unspecified atom stereocenters. The predicted molar refractivity (Wildman–Crippen MR) is 65.4 cm³/mol. The van der Waals surface area contributed by atoms with E-state index in [2.05, 4.69) is 25.4 Å². The molecule has 2 rings (SSSR count). The summed E-state index contributed by atoms with van der Waals surface area (Å²) in [7, 11) is 0. The van der Waals surface area contributed by atoms with Crippen LogP contribution in [0, 0.1) is 0 Å². The fraction of sp³-hybridized carbons (Fsp3) is 0. The number of nitrogens with zero attached hydrogens (tertiary/aromatic N) is 3. The Morgan fingerprint density at radius 2 is 2.05 bits per heavy atom. The maximum Gasteiger partial charge on any atom is 0.335 e. The Morgan fingerprint density at radius 1 is 1.26 bits per heavy atom. The standard InChI is InChI=1S/C9H7N5O4S/c15-6-3-4(7(16)17)1-2-5(6)10-8(18)11-9-12-13-14-19-9/h1-3,15H,(H,16,17)(H2,10,11,12,14,18). The molecule has 0 saturated heterocycles. The van der Waals surface area contributed by atoms with Crippen LogP contribution in [0.2, 0.25) is 0 Å². The number of urea groups is 1. The van der Waals surface area contributed by atoms with Gasteiger partial charge >= 0.3 is 12.0 Å². The minimum absolute atomic E-state index is 0.0694. The number of anilines is 2. The number of aromatic hydroxyl groups is 1. The van der Waals surface area contributed by atoms with Crippen LogP contribution < -0.4 is 10.6 Å². The number of phenols is 1. The molecule has 2 aromatic rings. The Bertz CT molecular complexity index is 615. The highest BCUT2D eigenvalue weighted by molar-refractivity contribution is 7.09. The minimum Gasteiger partial charge on any atom is -0.506 e. The zero-order valence-corrected chi connectivity index (χ0v) is 10.0. The molecule has 19 heavy (non-hydrogen) atoms. The fourth-order valence-corrected chi connectivity index (χ4v) is 1.56. The first-order valence-corrected chi connectivity index (χ1v) is 5.63. The molecule has 0 fully saturated rings. The lowest BCUT2D eigenvalue weighted by Crippen LogP contribution is -2.19. The number of hydrogen-bond acceptors (Lipinski definition) is 7. The summed E-state index contributed by atoms with van der Waals surface area (Å²) < 4.78 is 3.45. The van der Waals surface area contributed by atoms with Gasteiger partial charge in [-0.3, -0.25) is 5.32 Å². The summed E-state index contributed by atoms with van der Waals surface area (Å²) in [5.41, 5.74) is -0.0169. The number of nitrogens with one attached hydrogen (secondary N) is 2. The van der Waals surface area contributed by atoms with Crippen LogP contribution in [0.3, 0.4) is 0 Å². The zero-order chi connectivity index (χ0) is 13.8. The quantitative estimate of drug-likeness (QED) is 0.615. The Balaban J connectivity index is 2.07. The van der Waals surface area contributed by atoms with Crippen molar-refractivity contribution in [2.45, 2.75) is 0 Å². The average molecular weight is 281 g/mol. The normalized spacial score (nSPS) is 9.89. The maximum atomic E-state index is 11.5. The lowest BCUT2D eigenvalue weighted by molar-refractivity contribution is 0.0696. The first-order valence-electron chi connectivity index (χ1n) is 4.85. The number of phenolic OH excluding ortho intramolecular Hbond substituents is 1. The van der Waals surface area contributed by atoms with Crippen LogP contribution in [-0.4, -0.2) is 37.0 Å². The largest absolute Gasteiger partial charge is 0.506 e. The van der Waals surface area contributed by atoms with E-state index in [9.17, 15) is 14.7 Å². The molecule has 0 radical (unpaired) electrons. The summed E-state index contributed by atoms with van der Waals surface area (Å²) in [5, 5.41) is 30.0. The maximum absolute atomic E-state index is 11.5. The van der Waals surface area contributed by atoms with E-state index in [-0.39, 0.29) is 22.1 Å². The second kappa shape index (κ2) is 5.27. The van der Waals surface area contributed by atoms with E-state index in [0.717, 1.165) is 17.6 Å². The smallest absolute Gasteiger partial charge is 0.335 e. The third-order valence-electron chi connectivity index (χ3n) is 2.01. The summed E-state index contributed by atoms with van der Waals surface area (Å²) in [6.07, 6.45) is 0. The van der Waals surface area contributed by atoms with Crippen molar-refractivity contribution < 1.29 is 19.8 Å². The lowest BCUT2D eigenvalue weighted by Gasteiger charge is -2.07. The van der Waals surface area contributed by atoms with Gasteiger partial charge in [-0.05, 0) is 23.4 Å². The van der Waals surface area contributed by atoms with Crippen LogP contribution in [0.1, 0.15) is 10.4 Å². The van der Waals surface area contributed by atoms with Gasteiger partial charge in [0.05, 0.1) is 11.3 Å². The number of benzene rings is 1. The van der Waals surface area contributed by atoms with Crippen molar-refractivity contribution in [1.29, 1.82) is 0 Å². The molecule has 0 atom stereocenters. The number of rotatable bonds is 3. The molecule has 0 aliphatic rings. The molecular weight excluding hydrogens is 274 g/mol. The third-order valence-corrected chi connectivity index (χ3v) is 2.52. The second-order valence-electron chi connectivity index (χ2n) is 3.28. The van der Waals surface area contributed by atoms with Crippen molar-refractivity contribution in [3.05, 3.63) is 23.8 Å². The molecule has 98 valence electrons. The van der Waals surface area contributed by atoms with Crippen molar-refractivity contribution >= 4 is 34.4 Å². The first kappa shape index (κ1) is 12.7. The summed E-state index contributed by atoms with van der Waals surface area (Å²) in [4.78, 5) is 22.2. The molecule has 0 bridgehead atoms. The van der Waals surface area contributed by atoms with E-state index in [1.165, 1.54) is 12.1 Å². The van der Waals surface area contributed by atoms with Crippen molar-refractivity contribution in [2.24, 2.45) is 0 Å². The molecule has 0 aliphatic carbocycles. The van der Waals surface area contributed by atoms with E-state index in [0.29, 0.717) is 0 Å². The number of carbonyl (C=O) groups excluding carboxylic acids is 1. The van der Waals surface area contributed by atoms with Crippen LogP contribution in [-0.2, 0) is 0 Å². The molecule has 4 N–H and O–H groups in total. The molecule has 1 heterocycles. The summed E-state index contributed by atoms with van der Waals surface area (Å²) in [6.45, 7) is 0. The SMILES string of the molecule is O=C(Nc1nnns1)Nc1ccc(C(=O)O)cc1O. The van der Waals surface area contributed by atoms with Gasteiger partial charge in [-0.15, -0.1) is 0 Å². The Morgan fingerprint density at radius 3 is 2.63 bits per heavy atom. The van der Waals surface area contributed by atoms with Gasteiger partial charge in [-0.2, -0.15) is 0 Å². The van der Waals surface area contributed by atoms with Gasteiger partial charge in [0.2, 0.25) is 5.13 Å². The van der Waals surface area contributed by atoms with Crippen LogP contribution in [0.25, 0.3) is 0 Å².